The second kappa shape index (κ2) is 8.42. The highest BCUT2D eigenvalue weighted by Gasteiger charge is 2.29. The van der Waals surface area contributed by atoms with Crippen LogP contribution in [-0.4, -0.2) is 30.9 Å². The van der Waals surface area contributed by atoms with Gasteiger partial charge >= 0.3 is 0 Å². The van der Waals surface area contributed by atoms with E-state index in [4.69, 9.17) is 33.4 Å². The standard InChI is InChI=1S/C23H22ClN5OS/c1-16-14-20(26-30-16)21-8-5-13-27(21)15-28-23(31)29(19-6-3-2-4-7-19)22(25-28)17-9-11-18(24)12-10-17/h2-4,6-7,9-12,14,21H,5,8,13,15H2,1H3/t21-/m0/s1. The van der Waals surface area contributed by atoms with Crippen LogP contribution >= 0.6 is 23.8 Å². The number of aryl methyl sites for hydroxylation is 1. The van der Waals surface area contributed by atoms with Gasteiger partial charge in [0.15, 0.2) is 5.82 Å². The fourth-order valence-electron chi connectivity index (χ4n) is 4.14. The zero-order chi connectivity index (χ0) is 21.4. The van der Waals surface area contributed by atoms with Crippen LogP contribution in [0.4, 0.5) is 0 Å². The number of nitrogens with zero attached hydrogens (tertiary/aromatic N) is 5. The van der Waals surface area contributed by atoms with Crippen LogP contribution in [-0.2, 0) is 6.67 Å². The first-order chi connectivity index (χ1) is 15.1. The Morgan fingerprint density at radius 3 is 2.61 bits per heavy atom. The maximum atomic E-state index is 6.11. The number of hydrogen-bond acceptors (Lipinski definition) is 5. The highest BCUT2D eigenvalue weighted by atomic mass is 35.5. The van der Waals surface area contributed by atoms with E-state index < -0.39 is 0 Å². The molecule has 0 N–H and O–H groups in total. The maximum Gasteiger partial charge on any atom is 0.204 e. The molecule has 31 heavy (non-hydrogen) atoms. The van der Waals surface area contributed by atoms with Crippen LogP contribution in [0.2, 0.25) is 5.02 Å². The number of benzene rings is 2. The van der Waals surface area contributed by atoms with E-state index in [1.807, 2.05) is 76.8 Å². The highest BCUT2D eigenvalue weighted by Crippen LogP contribution is 2.32. The van der Waals surface area contributed by atoms with E-state index in [1.165, 1.54) is 0 Å². The first kappa shape index (κ1) is 20.2. The molecule has 4 aromatic rings. The number of aromatic nitrogens is 4. The molecule has 8 heteroatoms. The Morgan fingerprint density at radius 2 is 1.90 bits per heavy atom. The van der Waals surface area contributed by atoms with Gasteiger partial charge in [0.2, 0.25) is 4.77 Å². The summed E-state index contributed by atoms with van der Waals surface area (Å²) in [5.74, 6) is 1.62. The summed E-state index contributed by atoms with van der Waals surface area (Å²) in [5.41, 5.74) is 2.92. The summed E-state index contributed by atoms with van der Waals surface area (Å²) in [7, 11) is 0. The Hall–Kier alpha value is -2.74. The fraction of sp³-hybridized carbons (Fsp3) is 0.261. The minimum absolute atomic E-state index is 0.209. The molecule has 0 unspecified atom stereocenters. The van der Waals surface area contributed by atoms with Crippen molar-refractivity contribution in [1.29, 1.82) is 0 Å². The monoisotopic (exact) mass is 451 g/mol. The van der Waals surface area contributed by atoms with E-state index in [-0.39, 0.29) is 6.04 Å². The van der Waals surface area contributed by atoms with Gasteiger partial charge in [-0.1, -0.05) is 35.0 Å². The van der Waals surface area contributed by atoms with Crippen molar-refractivity contribution in [3.05, 3.63) is 81.9 Å². The van der Waals surface area contributed by atoms with E-state index in [2.05, 4.69) is 10.1 Å². The van der Waals surface area contributed by atoms with E-state index in [1.54, 1.807) is 0 Å². The summed E-state index contributed by atoms with van der Waals surface area (Å²) in [6, 6.07) is 20.0. The number of hydrogen-bond donors (Lipinski definition) is 0. The van der Waals surface area contributed by atoms with Gasteiger partial charge in [0.1, 0.15) is 11.5 Å². The Balaban J connectivity index is 1.55. The van der Waals surface area contributed by atoms with Crippen LogP contribution in [0.1, 0.15) is 30.3 Å². The third-order valence-electron chi connectivity index (χ3n) is 5.62. The molecule has 0 bridgehead atoms. The third-order valence-corrected chi connectivity index (χ3v) is 6.27. The van der Waals surface area contributed by atoms with Crippen LogP contribution in [0.15, 0.2) is 65.2 Å². The molecule has 1 aliphatic heterocycles. The summed E-state index contributed by atoms with van der Waals surface area (Å²) in [6.45, 7) is 3.48. The van der Waals surface area contributed by atoms with Crippen molar-refractivity contribution in [1.82, 2.24) is 24.4 Å². The fourth-order valence-corrected chi connectivity index (χ4v) is 4.56. The second-order valence-electron chi connectivity index (χ2n) is 7.76. The zero-order valence-corrected chi connectivity index (χ0v) is 18.7. The molecule has 0 radical (unpaired) electrons. The van der Waals surface area contributed by atoms with Crippen LogP contribution < -0.4 is 0 Å². The van der Waals surface area contributed by atoms with Gasteiger partial charge in [-0.05, 0) is 68.4 Å². The molecule has 3 heterocycles. The second-order valence-corrected chi connectivity index (χ2v) is 8.56. The highest BCUT2D eigenvalue weighted by molar-refractivity contribution is 7.71. The van der Waals surface area contributed by atoms with Crippen LogP contribution in [0, 0.1) is 11.7 Å². The molecule has 0 amide bonds. The molecule has 1 aliphatic rings. The summed E-state index contributed by atoms with van der Waals surface area (Å²) in [5, 5.41) is 9.87. The molecule has 158 valence electrons. The van der Waals surface area contributed by atoms with Crippen LogP contribution in [0.3, 0.4) is 0 Å². The number of halogens is 1. The molecule has 1 atom stereocenters. The molecular formula is C23H22ClN5OS. The van der Waals surface area contributed by atoms with E-state index in [0.29, 0.717) is 16.5 Å². The predicted molar refractivity (Wildman–Crippen MR) is 123 cm³/mol. The lowest BCUT2D eigenvalue weighted by Gasteiger charge is -2.22. The molecular weight excluding hydrogens is 430 g/mol. The van der Waals surface area contributed by atoms with Crippen LogP contribution in [0.25, 0.3) is 17.1 Å². The minimum Gasteiger partial charge on any atom is -0.361 e. The third kappa shape index (κ3) is 3.96. The van der Waals surface area contributed by atoms with Gasteiger partial charge in [-0.25, -0.2) is 4.68 Å². The smallest absolute Gasteiger partial charge is 0.204 e. The van der Waals surface area contributed by atoms with E-state index in [9.17, 15) is 0 Å². The molecule has 5 rings (SSSR count). The average molecular weight is 452 g/mol. The van der Waals surface area contributed by atoms with Gasteiger partial charge in [-0.15, -0.1) is 5.10 Å². The van der Waals surface area contributed by atoms with Crippen molar-refractivity contribution in [2.24, 2.45) is 0 Å². The van der Waals surface area contributed by atoms with Crippen molar-refractivity contribution in [3.63, 3.8) is 0 Å². The number of para-hydroxylation sites is 1. The lowest BCUT2D eigenvalue weighted by atomic mass is 10.1. The van der Waals surface area contributed by atoms with Crippen molar-refractivity contribution in [2.75, 3.05) is 6.54 Å². The van der Waals surface area contributed by atoms with Crippen molar-refractivity contribution < 1.29 is 4.52 Å². The zero-order valence-electron chi connectivity index (χ0n) is 17.1. The van der Waals surface area contributed by atoms with Gasteiger partial charge in [-0.2, -0.15) is 0 Å². The number of rotatable bonds is 5. The summed E-state index contributed by atoms with van der Waals surface area (Å²) >= 11 is 12.0. The van der Waals surface area contributed by atoms with Gasteiger partial charge in [0.05, 0.1) is 12.7 Å². The average Bonchev–Trinajstić information content (AvgIpc) is 3.49. The molecule has 6 nitrogen and oxygen atoms in total. The normalized spacial score (nSPS) is 16.8. The topological polar surface area (TPSA) is 52.0 Å². The summed E-state index contributed by atoms with van der Waals surface area (Å²) < 4.78 is 9.88. The van der Waals surface area contributed by atoms with Crippen LogP contribution in [0.5, 0.6) is 0 Å². The molecule has 1 fully saturated rings. The molecule has 0 spiro atoms. The predicted octanol–water partition coefficient (Wildman–Crippen LogP) is 5.81. The number of likely N-dealkylation sites (tertiary alicyclic amines) is 1. The first-order valence-electron chi connectivity index (χ1n) is 10.3. The molecule has 0 aliphatic carbocycles. The van der Waals surface area contributed by atoms with E-state index >= 15 is 0 Å². The summed E-state index contributed by atoms with van der Waals surface area (Å²) in [4.78, 5) is 2.36. The quantitative estimate of drug-likeness (QED) is 0.358. The van der Waals surface area contributed by atoms with Gasteiger partial charge in [0.25, 0.3) is 0 Å². The SMILES string of the molecule is Cc1cc([C@@H]2CCCN2Cn2nc(-c3ccc(Cl)cc3)n(-c3ccccc3)c2=S)no1. The van der Waals surface area contributed by atoms with Gasteiger partial charge in [0, 0.05) is 28.9 Å². The van der Waals surface area contributed by atoms with E-state index in [0.717, 1.165) is 47.9 Å². The van der Waals surface area contributed by atoms with Crippen molar-refractivity contribution in [2.45, 2.75) is 32.5 Å². The van der Waals surface area contributed by atoms with Gasteiger partial charge < -0.3 is 4.52 Å². The Morgan fingerprint density at radius 1 is 1.13 bits per heavy atom. The maximum absolute atomic E-state index is 6.11. The van der Waals surface area contributed by atoms with Gasteiger partial charge in [-0.3, -0.25) is 9.47 Å². The van der Waals surface area contributed by atoms with Crippen molar-refractivity contribution >= 4 is 23.8 Å². The molecule has 1 saturated heterocycles. The lowest BCUT2D eigenvalue weighted by Crippen LogP contribution is -2.27. The molecule has 0 saturated carbocycles. The first-order valence-corrected chi connectivity index (χ1v) is 11.1. The minimum atomic E-state index is 0.209. The van der Waals surface area contributed by atoms with Crippen molar-refractivity contribution in [3.8, 4) is 17.1 Å². The molecule has 2 aromatic carbocycles. The lowest BCUT2D eigenvalue weighted by molar-refractivity contribution is 0.183. The Kier molecular flexibility index (Phi) is 5.48. The Labute approximate surface area is 190 Å². The largest absolute Gasteiger partial charge is 0.361 e. The Bertz CT molecular complexity index is 1250. The summed E-state index contributed by atoms with van der Waals surface area (Å²) in [6.07, 6.45) is 2.15. The molecule has 2 aromatic heterocycles.